The van der Waals surface area contributed by atoms with E-state index in [4.69, 9.17) is 4.42 Å². The molecule has 0 saturated heterocycles. The molecule has 1 aromatic rings. The Morgan fingerprint density at radius 2 is 2.06 bits per heavy atom. The monoisotopic (exact) mass is 247 g/mol. The molecule has 0 aliphatic rings. The van der Waals surface area contributed by atoms with Crippen LogP contribution in [-0.4, -0.2) is 31.4 Å². The highest BCUT2D eigenvalue weighted by molar-refractivity contribution is 7.89. The summed E-state index contributed by atoms with van der Waals surface area (Å²) >= 11 is 0. The zero-order valence-corrected chi connectivity index (χ0v) is 10.5. The summed E-state index contributed by atoms with van der Waals surface area (Å²) in [6, 6.07) is -0.00851. The second-order valence-corrected chi connectivity index (χ2v) is 5.76. The van der Waals surface area contributed by atoms with Gasteiger partial charge in [0.1, 0.15) is 5.75 Å². The summed E-state index contributed by atoms with van der Waals surface area (Å²) in [7, 11) is -3.13. The van der Waals surface area contributed by atoms with Gasteiger partial charge >= 0.3 is 0 Å². The van der Waals surface area contributed by atoms with E-state index in [1.165, 1.54) is 0 Å². The van der Waals surface area contributed by atoms with Gasteiger partial charge in [0.2, 0.25) is 11.8 Å². The van der Waals surface area contributed by atoms with Crippen molar-refractivity contribution in [2.75, 3.05) is 12.8 Å². The van der Waals surface area contributed by atoms with Gasteiger partial charge in [-0.1, -0.05) is 13.8 Å². The van der Waals surface area contributed by atoms with Crippen LogP contribution in [0.1, 0.15) is 38.1 Å². The molecule has 0 bridgehead atoms. The smallest absolute Gasteiger partial charge is 0.233 e. The molecule has 1 atom stereocenters. The summed E-state index contributed by atoms with van der Waals surface area (Å²) < 4.78 is 27.4. The van der Waals surface area contributed by atoms with Gasteiger partial charge in [-0.3, -0.25) is 0 Å². The number of hydrogen-bond acceptors (Lipinski definition) is 6. The maximum atomic E-state index is 11.0. The predicted molar refractivity (Wildman–Crippen MR) is 59.6 cm³/mol. The third kappa shape index (κ3) is 3.90. The lowest BCUT2D eigenvalue weighted by molar-refractivity contribution is 0.382. The van der Waals surface area contributed by atoms with Crippen LogP contribution in [0.25, 0.3) is 0 Å². The van der Waals surface area contributed by atoms with Gasteiger partial charge in [-0.2, -0.15) is 0 Å². The van der Waals surface area contributed by atoms with Crippen molar-refractivity contribution < 1.29 is 12.8 Å². The number of rotatable bonds is 6. The molecule has 1 heterocycles. The molecule has 16 heavy (non-hydrogen) atoms. The van der Waals surface area contributed by atoms with Crippen LogP contribution in [-0.2, 0) is 15.6 Å². The molecule has 0 amide bonds. The zero-order chi connectivity index (χ0) is 12.2. The first-order chi connectivity index (χ1) is 7.46. The van der Waals surface area contributed by atoms with E-state index in [1.54, 1.807) is 0 Å². The van der Waals surface area contributed by atoms with E-state index in [0.29, 0.717) is 5.89 Å². The molecule has 1 unspecified atom stereocenters. The number of aromatic nitrogens is 2. The summed E-state index contributed by atoms with van der Waals surface area (Å²) in [5.74, 6) is 0.389. The van der Waals surface area contributed by atoms with Crippen LogP contribution < -0.4 is 5.32 Å². The fraction of sp³-hybridized carbons (Fsp3) is 0.778. The second kappa shape index (κ2) is 5.40. The molecular weight excluding hydrogens is 230 g/mol. The first kappa shape index (κ1) is 13.1. The Morgan fingerprint density at radius 3 is 2.56 bits per heavy atom. The second-order valence-electron chi connectivity index (χ2n) is 3.62. The van der Waals surface area contributed by atoms with Gasteiger partial charge in [-0.05, 0) is 13.0 Å². The van der Waals surface area contributed by atoms with Crippen molar-refractivity contribution in [3.63, 3.8) is 0 Å². The van der Waals surface area contributed by atoms with E-state index >= 15 is 0 Å². The lowest BCUT2D eigenvalue weighted by Gasteiger charge is -2.09. The van der Waals surface area contributed by atoms with Crippen LogP contribution >= 0.6 is 0 Å². The molecule has 1 N–H and O–H groups in total. The topological polar surface area (TPSA) is 85.1 Å². The first-order valence-electron chi connectivity index (χ1n) is 5.19. The minimum atomic E-state index is -3.13. The summed E-state index contributed by atoms with van der Waals surface area (Å²) in [6.07, 6.45) is 1.95. The van der Waals surface area contributed by atoms with E-state index in [-0.39, 0.29) is 17.7 Å². The first-order valence-corrected chi connectivity index (χ1v) is 7.25. The van der Waals surface area contributed by atoms with Gasteiger partial charge in [-0.15, -0.1) is 10.2 Å². The van der Waals surface area contributed by atoms with E-state index in [2.05, 4.69) is 15.5 Å². The molecule has 6 nitrogen and oxygen atoms in total. The Balaban J connectivity index is 2.77. The van der Waals surface area contributed by atoms with Crippen LogP contribution in [0.5, 0.6) is 0 Å². The van der Waals surface area contributed by atoms with Crippen molar-refractivity contribution in [1.29, 1.82) is 0 Å². The van der Waals surface area contributed by atoms with Crippen LogP contribution in [0.2, 0.25) is 0 Å². The maximum Gasteiger partial charge on any atom is 0.233 e. The average molecular weight is 247 g/mol. The number of hydrogen-bond donors (Lipinski definition) is 1. The molecule has 0 radical (unpaired) electrons. The van der Waals surface area contributed by atoms with E-state index in [9.17, 15) is 8.42 Å². The van der Waals surface area contributed by atoms with Crippen molar-refractivity contribution in [3.05, 3.63) is 11.8 Å². The fourth-order valence-electron chi connectivity index (χ4n) is 1.34. The summed E-state index contributed by atoms with van der Waals surface area (Å²) in [5.41, 5.74) is 0. The largest absolute Gasteiger partial charge is 0.422 e. The lowest BCUT2D eigenvalue weighted by atomic mass is 10.2. The van der Waals surface area contributed by atoms with Crippen LogP contribution in [0.3, 0.4) is 0 Å². The van der Waals surface area contributed by atoms with Gasteiger partial charge in [-0.25, -0.2) is 8.42 Å². The maximum absolute atomic E-state index is 11.0. The van der Waals surface area contributed by atoms with Crippen molar-refractivity contribution >= 4 is 9.84 Å². The Morgan fingerprint density at radius 1 is 1.38 bits per heavy atom. The summed E-state index contributed by atoms with van der Waals surface area (Å²) in [6.45, 7) is 4.77. The highest BCUT2D eigenvalue weighted by Gasteiger charge is 2.17. The quantitative estimate of drug-likeness (QED) is 0.795. The Kier molecular flexibility index (Phi) is 4.43. The summed E-state index contributed by atoms with van der Waals surface area (Å²) in [4.78, 5) is 0. The normalized spacial score (nSPS) is 13.9. The fourth-order valence-corrected chi connectivity index (χ4v) is 1.91. The van der Waals surface area contributed by atoms with Gasteiger partial charge < -0.3 is 9.73 Å². The Hall–Kier alpha value is -0.950. The third-order valence-corrected chi connectivity index (χ3v) is 2.80. The van der Waals surface area contributed by atoms with E-state index in [0.717, 1.165) is 19.2 Å². The zero-order valence-electron chi connectivity index (χ0n) is 9.73. The van der Waals surface area contributed by atoms with Crippen LogP contribution in [0.15, 0.2) is 4.42 Å². The van der Waals surface area contributed by atoms with Crippen molar-refractivity contribution in [2.45, 2.75) is 32.1 Å². The van der Waals surface area contributed by atoms with Crippen molar-refractivity contribution in [3.8, 4) is 0 Å². The van der Waals surface area contributed by atoms with Gasteiger partial charge in [0, 0.05) is 6.26 Å². The molecule has 0 aromatic carbocycles. The third-order valence-electron chi connectivity index (χ3n) is 2.03. The highest BCUT2D eigenvalue weighted by Crippen LogP contribution is 2.15. The van der Waals surface area contributed by atoms with Crippen molar-refractivity contribution in [2.24, 2.45) is 0 Å². The van der Waals surface area contributed by atoms with E-state index in [1.807, 2.05) is 13.8 Å². The molecular formula is C9H17N3O3S. The van der Waals surface area contributed by atoms with Gasteiger partial charge in [0.25, 0.3) is 0 Å². The molecule has 0 fully saturated rings. The van der Waals surface area contributed by atoms with Crippen molar-refractivity contribution in [1.82, 2.24) is 15.5 Å². The number of sulfone groups is 1. The van der Waals surface area contributed by atoms with Gasteiger partial charge in [0.15, 0.2) is 9.84 Å². The molecule has 0 aliphatic heterocycles. The number of nitrogens with zero attached hydrogens (tertiary/aromatic N) is 2. The molecule has 1 rings (SSSR count). The predicted octanol–water partition coefficient (Wildman–Crippen LogP) is 0.675. The minimum Gasteiger partial charge on any atom is -0.422 e. The minimum absolute atomic E-state index is 0.00851. The molecule has 0 saturated carbocycles. The summed E-state index contributed by atoms with van der Waals surface area (Å²) in [5, 5.41) is 10.7. The van der Waals surface area contributed by atoms with Crippen LogP contribution in [0.4, 0.5) is 0 Å². The highest BCUT2D eigenvalue weighted by atomic mass is 32.2. The molecule has 1 aromatic heterocycles. The Bertz CT molecular complexity index is 427. The Labute approximate surface area is 95.4 Å². The molecule has 92 valence electrons. The molecule has 0 spiro atoms. The molecule has 0 aliphatic carbocycles. The van der Waals surface area contributed by atoms with E-state index < -0.39 is 9.84 Å². The SMILES string of the molecule is CCNC(CC)c1nnc(CS(C)(=O)=O)o1. The molecule has 7 heteroatoms. The average Bonchev–Trinajstić information content (AvgIpc) is 2.59. The number of nitrogens with one attached hydrogen (secondary N) is 1. The van der Waals surface area contributed by atoms with Crippen LogP contribution in [0, 0.1) is 0 Å². The standard InChI is InChI=1S/C9H17N3O3S/c1-4-7(10-5-2)9-12-11-8(15-9)6-16(3,13)14/h7,10H,4-6H2,1-3H3. The van der Waals surface area contributed by atoms with Gasteiger partial charge in [0.05, 0.1) is 6.04 Å². The lowest BCUT2D eigenvalue weighted by Crippen LogP contribution is -2.20.